The molecule has 6 nitrogen and oxygen atoms in total. The molecule has 0 saturated heterocycles. The molecule has 1 aromatic rings. The Morgan fingerprint density at radius 1 is 0.914 bits per heavy atom. The predicted molar refractivity (Wildman–Crippen MR) is 122 cm³/mol. The summed E-state index contributed by atoms with van der Waals surface area (Å²) in [5, 5.41) is 0. The lowest BCUT2D eigenvalue weighted by atomic mass is 9.77. The van der Waals surface area contributed by atoms with E-state index in [1.165, 1.54) is 36.9 Å². The minimum Gasteiger partial charge on any atom is -0.463 e. The zero-order chi connectivity index (χ0) is 25.9. The second-order valence-corrected chi connectivity index (χ2v) is 8.61. The minimum atomic E-state index is -4.74. The van der Waals surface area contributed by atoms with Crippen LogP contribution < -0.4 is 0 Å². The Bertz CT molecular complexity index is 1020. The highest BCUT2D eigenvalue weighted by Gasteiger charge is 2.46. The van der Waals surface area contributed by atoms with Crippen molar-refractivity contribution in [2.45, 2.75) is 65.5 Å². The highest BCUT2D eigenvalue weighted by Crippen LogP contribution is 2.47. The van der Waals surface area contributed by atoms with Gasteiger partial charge in [0.15, 0.2) is 0 Å². The van der Waals surface area contributed by atoms with Crippen LogP contribution in [0.5, 0.6) is 0 Å². The molecule has 0 spiro atoms. The summed E-state index contributed by atoms with van der Waals surface area (Å²) < 4.78 is 52.5. The van der Waals surface area contributed by atoms with Gasteiger partial charge in [0, 0.05) is 17.3 Å². The van der Waals surface area contributed by atoms with Crippen molar-refractivity contribution in [1.82, 2.24) is 4.90 Å². The van der Waals surface area contributed by atoms with Crippen molar-refractivity contribution in [1.29, 1.82) is 0 Å². The molecule has 1 amide bonds. The van der Waals surface area contributed by atoms with Gasteiger partial charge in [-0.1, -0.05) is 31.0 Å². The zero-order valence-electron chi connectivity index (χ0n) is 20.3. The van der Waals surface area contributed by atoms with Crippen LogP contribution in [0.2, 0.25) is 0 Å². The van der Waals surface area contributed by atoms with Crippen LogP contribution in [-0.2, 0) is 30.0 Å². The maximum atomic E-state index is 14.0. The van der Waals surface area contributed by atoms with Crippen LogP contribution in [0, 0.1) is 5.92 Å². The minimum absolute atomic E-state index is 0.0305. The summed E-state index contributed by atoms with van der Waals surface area (Å²) in [7, 11) is 0. The van der Waals surface area contributed by atoms with Crippen molar-refractivity contribution in [3.05, 3.63) is 57.9 Å². The first-order chi connectivity index (χ1) is 16.5. The molecule has 0 radical (unpaired) electrons. The van der Waals surface area contributed by atoms with E-state index in [9.17, 15) is 27.6 Å². The van der Waals surface area contributed by atoms with Gasteiger partial charge in [-0.2, -0.15) is 13.2 Å². The number of allylic oxidation sites excluding steroid dienone is 2. The molecule has 2 aliphatic rings. The quantitative estimate of drug-likeness (QED) is 0.490. The molecular formula is C26H30F3NO5. The van der Waals surface area contributed by atoms with Gasteiger partial charge in [0.1, 0.15) is 0 Å². The number of amides is 1. The molecule has 1 aromatic carbocycles. The Kier molecular flexibility index (Phi) is 8.07. The Labute approximate surface area is 202 Å². The summed E-state index contributed by atoms with van der Waals surface area (Å²) in [4.78, 5) is 41.2. The SMILES string of the molecule is CCOC(=O)C1=C(C)N(C(=O)C2CCCC2)C(C)=C(C(=O)OCC)C1c1ccccc1C(F)(F)F. The van der Waals surface area contributed by atoms with Crippen molar-refractivity contribution in [3.63, 3.8) is 0 Å². The molecule has 1 aliphatic heterocycles. The van der Waals surface area contributed by atoms with Crippen molar-refractivity contribution in [2.24, 2.45) is 5.92 Å². The molecule has 1 fully saturated rings. The van der Waals surface area contributed by atoms with Gasteiger partial charge in [-0.25, -0.2) is 9.59 Å². The van der Waals surface area contributed by atoms with Gasteiger partial charge in [-0.05, 0) is 52.2 Å². The first-order valence-corrected chi connectivity index (χ1v) is 11.8. The number of rotatable bonds is 6. The topological polar surface area (TPSA) is 72.9 Å². The first-order valence-electron chi connectivity index (χ1n) is 11.8. The number of hydrogen-bond donors (Lipinski definition) is 0. The van der Waals surface area contributed by atoms with Crippen molar-refractivity contribution >= 4 is 17.8 Å². The lowest BCUT2D eigenvalue weighted by Gasteiger charge is -2.38. The van der Waals surface area contributed by atoms with E-state index in [-0.39, 0.29) is 53.1 Å². The van der Waals surface area contributed by atoms with Crippen LogP contribution in [0.4, 0.5) is 13.2 Å². The summed E-state index contributed by atoms with van der Waals surface area (Å²) in [5.74, 6) is -3.77. The Balaban J connectivity index is 2.33. The van der Waals surface area contributed by atoms with E-state index in [0.29, 0.717) is 12.8 Å². The number of alkyl halides is 3. The van der Waals surface area contributed by atoms with Crippen LogP contribution >= 0.6 is 0 Å². The van der Waals surface area contributed by atoms with Crippen LogP contribution in [0.25, 0.3) is 0 Å². The second-order valence-electron chi connectivity index (χ2n) is 8.61. The van der Waals surface area contributed by atoms with E-state index in [4.69, 9.17) is 9.47 Å². The van der Waals surface area contributed by atoms with Crippen molar-refractivity contribution in [3.8, 4) is 0 Å². The predicted octanol–water partition coefficient (Wildman–Crippen LogP) is 5.50. The Morgan fingerprint density at radius 2 is 1.40 bits per heavy atom. The largest absolute Gasteiger partial charge is 0.463 e. The summed E-state index contributed by atoms with van der Waals surface area (Å²) >= 11 is 0. The lowest BCUT2D eigenvalue weighted by molar-refractivity contribution is -0.142. The average molecular weight is 494 g/mol. The summed E-state index contributed by atoms with van der Waals surface area (Å²) in [5.41, 5.74) is -1.30. The van der Waals surface area contributed by atoms with Gasteiger partial charge in [0.2, 0.25) is 5.91 Å². The van der Waals surface area contributed by atoms with Crippen molar-refractivity contribution in [2.75, 3.05) is 13.2 Å². The fourth-order valence-electron chi connectivity index (χ4n) is 5.01. The van der Waals surface area contributed by atoms with E-state index in [1.807, 2.05) is 0 Å². The number of nitrogens with zero attached hydrogens (tertiary/aromatic N) is 1. The third-order valence-corrected chi connectivity index (χ3v) is 6.52. The second kappa shape index (κ2) is 10.7. The van der Waals surface area contributed by atoms with Gasteiger partial charge in [-0.3, -0.25) is 9.69 Å². The molecule has 9 heteroatoms. The zero-order valence-corrected chi connectivity index (χ0v) is 20.3. The number of carbonyl (C=O) groups excluding carboxylic acids is 3. The van der Waals surface area contributed by atoms with Gasteiger partial charge < -0.3 is 9.47 Å². The Morgan fingerprint density at radius 3 is 1.86 bits per heavy atom. The molecule has 1 aliphatic carbocycles. The van der Waals surface area contributed by atoms with Crippen LogP contribution in [0.1, 0.15) is 70.4 Å². The molecule has 0 atom stereocenters. The molecule has 35 heavy (non-hydrogen) atoms. The lowest BCUT2D eigenvalue weighted by Crippen LogP contribution is -2.41. The molecule has 0 N–H and O–H groups in total. The maximum absolute atomic E-state index is 14.0. The summed E-state index contributed by atoms with van der Waals surface area (Å²) in [6.45, 7) is 6.10. The average Bonchev–Trinajstić information content (AvgIpc) is 3.33. The highest BCUT2D eigenvalue weighted by atomic mass is 19.4. The molecule has 0 unspecified atom stereocenters. The molecule has 1 heterocycles. The van der Waals surface area contributed by atoms with E-state index in [1.54, 1.807) is 13.8 Å². The monoisotopic (exact) mass is 493 g/mol. The van der Waals surface area contributed by atoms with E-state index in [0.717, 1.165) is 18.9 Å². The number of hydrogen-bond acceptors (Lipinski definition) is 5. The van der Waals surface area contributed by atoms with Crippen LogP contribution in [0.15, 0.2) is 46.8 Å². The normalized spacial score (nSPS) is 17.7. The molecule has 1 saturated carbocycles. The van der Waals surface area contributed by atoms with E-state index < -0.39 is 29.6 Å². The Hall–Kier alpha value is -3.10. The first kappa shape index (κ1) is 26.5. The van der Waals surface area contributed by atoms with Gasteiger partial charge >= 0.3 is 18.1 Å². The van der Waals surface area contributed by atoms with Crippen molar-refractivity contribution < 1.29 is 37.0 Å². The van der Waals surface area contributed by atoms with Crippen LogP contribution in [-0.4, -0.2) is 36.0 Å². The van der Waals surface area contributed by atoms with Gasteiger partial charge in [0.25, 0.3) is 0 Å². The third-order valence-electron chi connectivity index (χ3n) is 6.52. The summed E-state index contributed by atoms with van der Waals surface area (Å²) in [6.07, 6.45) is -1.65. The van der Waals surface area contributed by atoms with E-state index in [2.05, 4.69) is 0 Å². The standard InChI is InChI=1S/C26H30F3NO5/c1-5-34-24(32)20-15(3)30(23(31)17-11-7-8-12-17)16(4)21(25(33)35-6-2)22(20)18-13-9-10-14-19(18)26(27,28)29/h9-10,13-14,17,22H,5-8,11-12H2,1-4H3. The smallest absolute Gasteiger partial charge is 0.416 e. The number of esters is 2. The van der Waals surface area contributed by atoms with Gasteiger partial charge in [-0.15, -0.1) is 0 Å². The molecular weight excluding hydrogens is 463 g/mol. The summed E-state index contributed by atoms with van der Waals surface area (Å²) in [6, 6.07) is 4.80. The fraction of sp³-hybridized carbons (Fsp3) is 0.500. The van der Waals surface area contributed by atoms with Crippen LogP contribution in [0.3, 0.4) is 0 Å². The molecule has 0 bridgehead atoms. The number of benzene rings is 1. The number of carbonyl (C=O) groups is 3. The molecule has 190 valence electrons. The highest BCUT2D eigenvalue weighted by molar-refractivity contribution is 6.02. The number of halogens is 3. The van der Waals surface area contributed by atoms with E-state index >= 15 is 0 Å². The molecule has 0 aromatic heterocycles. The fourth-order valence-corrected chi connectivity index (χ4v) is 5.01. The number of ether oxygens (including phenoxy) is 2. The van der Waals surface area contributed by atoms with Gasteiger partial charge in [0.05, 0.1) is 35.8 Å². The molecule has 3 rings (SSSR count). The maximum Gasteiger partial charge on any atom is 0.416 e. The third kappa shape index (κ3) is 5.13.